The van der Waals surface area contributed by atoms with Gasteiger partial charge >= 0.3 is 7.12 Å². The number of nitrogens with zero attached hydrogens (tertiary/aromatic N) is 2. The zero-order valence-electron chi connectivity index (χ0n) is 9.91. The molecule has 0 saturated heterocycles. The first-order chi connectivity index (χ1) is 9.13. The largest absolute Gasteiger partial charge is 0.491 e. The molecule has 1 amide bonds. The average molecular weight is 258 g/mol. The molecule has 7 nitrogen and oxygen atoms in total. The molecule has 2 heterocycles. The van der Waals surface area contributed by atoms with Gasteiger partial charge in [-0.2, -0.15) is 9.89 Å². The predicted molar refractivity (Wildman–Crippen MR) is 68.6 cm³/mol. The molecule has 0 fully saturated rings. The van der Waals surface area contributed by atoms with Crippen molar-refractivity contribution in [3.63, 3.8) is 0 Å². The number of carbonyl (C=O) groups excluding carboxylic acids is 1. The van der Waals surface area contributed by atoms with Crippen LogP contribution in [0.5, 0.6) is 0 Å². The van der Waals surface area contributed by atoms with Crippen LogP contribution in [0.25, 0.3) is 0 Å². The van der Waals surface area contributed by atoms with Crippen molar-refractivity contribution in [1.29, 1.82) is 0 Å². The lowest BCUT2D eigenvalue weighted by molar-refractivity contribution is 0.1000. The summed E-state index contributed by atoms with van der Waals surface area (Å²) in [7, 11) is -0.852. The van der Waals surface area contributed by atoms with Gasteiger partial charge in [0.1, 0.15) is 0 Å². The minimum absolute atomic E-state index is 0.326. The van der Waals surface area contributed by atoms with E-state index in [-0.39, 0.29) is 0 Å². The summed E-state index contributed by atoms with van der Waals surface area (Å²) in [6.45, 7) is 0.373. The molecule has 0 radical (unpaired) electrons. The van der Waals surface area contributed by atoms with Crippen molar-refractivity contribution in [2.45, 2.75) is 6.61 Å². The van der Waals surface area contributed by atoms with Crippen LogP contribution in [0.1, 0.15) is 15.9 Å². The fourth-order valence-corrected chi connectivity index (χ4v) is 1.94. The van der Waals surface area contributed by atoms with Crippen molar-refractivity contribution in [3.05, 3.63) is 41.7 Å². The van der Waals surface area contributed by atoms with Gasteiger partial charge in [0, 0.05) is 0 Å². The van der Waals surface area contributed by atoms with Crippen molar-refractivity contribution in [2.24, 2.45) is 5.73 Å². The van der Waals surface area contributed by atoms with E-state index >= 15 is 0 Å². The maximum Gasteiger partial charge on any atom is 0.491 e. The molecule has 0 saturated carbocycles. The van der Waals surface area contributed by atoms with Crippen LogP contribution in [0.4, 0.5) is 5.69 Å². The first-order valence-electron chi connectivity index (χ1n) is 5.67. The highest BCUT2D eigenvalue weighted by molar-refractivity contribution is 6.61. The second-order valence-electron chi connectivity index (χ2n) is 4.23. The van der Waals surface area contributed by atoms with Crippen LogP contribution in [-0.2, 0) is 11.3 Å². The van der Waals surface area contributed by atoms with Crippen molar-refractivity contribution in [1.82, 2.24) is 9.89 Å². The molecule has 8 heteroatoms. The molecular formula is C11H11BN4O3. The number of anilines is 1. The van der Waals surface area contributed by atoms with Crippen molar-refractivity contribution >= 4 is 24.2 Å². The molecule has 96 valence electrons. The molecule has 2 aromatic rings. The normalized spacial score (nSPS) is 13.4. The van der Waals surface area contributed by atoms with Crippen LogP contribution in [0.15, 0.2) is 30.6 Å². The topological polar surface area (TPSA) is 102 Å². The molecule has 0 spiro atoms. The Morgan fingerprint density at radius 2 is 2.42 bits per heavy atom. The summed E-state index contributed by atoms with van der Waals surface area (Å²) in [6.07, 6.45) is 2.89. The molecule has 1 aliphatic heterocycles. The number of nitrogens with two attached hydrogens (primary N) is 1. The van der Waals surface area contributed by atoms with Gasteiger partial charge in [-0.1, -0.05) is 6.07 Å². The lowest BCUT2D eigenvalue weighted by atomic mass is 9.79. The van der Waals surface area contributed by atoms with Crippen LogP contribution in [0.2, 0.25) is 0 Å². The van der Waals surface area contributed by atoms with Crippen LogP contribution >= 0.6 is 0 Å². The Morgan fingerprint density at radius 3 is 3.16 bits per heavy atom. The first-order valence-corrected chi connectivity index (χ1v) is 5.67. The Hall–Kier alpha value is -2.32. The van der Waals surface area contributed by atoms with Gasteiger partial charge in [-0.3, -0.25) is 10.2 Å². The van der Waals surface area contributed by atoms with Gasteiger partial charge in [0.2, 0.25) is 0 Å². The molecule has 0 aliphatic carbocycles. The maximum absolute atomic E-state index is 11.0. The van der Waals surface area contributed by atoms with Gasteiger partial charge in [0.05, 0.1) is 30.3 Å². The first kappa shape index (κ1) is 11.8. The Morgan fingerprint density at radius 1 is 1.58 bits per heavy atom. The number of hydrogen-bond donors (Lipinski definition) is 3. The smallest absolute Gasteiger partial charge is 0.423 e. The molecule has 1 aliphatic rings. The highest BCUT2D eigenvalue weighted by Gasteiger charge is 2.26. The zero-order chi connectivity index (χ0) is 13.4. The van der Waals surface area contributed by atoms with E-state index in [0.717, 1.165) is 16.7 Å². The van der Waals surface area contributed by atoms with Crippen LogP contribution in [-0.4, -0.2) is 27.9 Å². The Balaban J connectivity index is 1.81. The number of nitrogens with one attached hydrogen (secondary N) is 1. The minimum Gasteiger partial charge on any atom is -0.423 e. The van der Waals surface area contributed by atoms with E-state index in [1.807, 2.05) is 6.07 Å². The molecule has 0 bridgehead atoms. The number of hydrogen-bond acceptors (Lipinski definition) is 5. The van der Waals surface area contributed by atoms with Crippen molar-refractivity contribution in [2.75, 3.05) is 5.43 Å². The fourth-order valence-electron chi connectivity index (χ4n) is 1.94. The number of aromatic nitrogens is 2. The maximum atomic E-state index is 11.0. The molecule has 4 N–H and O–H groups in total. The lowest BCUT2D eigenvalue weighted by Crippen LogP contribution is -2.27. The van der Waals surface area contributed by atoms with E-state index < -0.39 is 13.0 Å². The number of benzene rings is 1. The summed E-state index contributed by atoms with van der Waals surface area (Å²) in [5.74, 6) is -0.529. The highest BCUT2D eigenvalue weighted by Crippen LogP contribution is 2.15. The quantitative estimate of drug-likeness (QED) is 0.617. The molecular weight excluding hydrogens is 247 g/mol. The number of primary amides is 1. The lowest BCUT2D eigenvalue weighted by Gasteiger charge is -2.07. The second-order valence-corrected chi connectivity index (χ2v) is 4.23. The van der Waals surface area contributed by atoms with E-state index in [9.17, 15) is 9.82 Å². The fraction of sp³-hybridized carbons (Fsp3) is 0.0909. The van der Waals surface area contributed by atoms with Gasteiger partial charge in [-0.05, 0) is 23.2 Å². The van der Waals surface area contributed by atoms with E-state index in [1.54, 1.807) is 12.1 Å². The SMILES string of the molecule is NC(=O)c1cnn(Nc2ccc3c(c2)COB3O)c1. The van der Waals surface area contributed by atoms with Gasteiger partial charge < -0.3 is 15.4 Å². The molecule has 1 aromatic heterocycles. The summed E-state index contributed by atoms with van der Waals surface area (Å²) >= 11 is 0. The summed E-state index contributed by atoms with van der Waals surface area (Å²) < 4.78 is 5.11. The number of amides is 1. The van der Waals surface area contributed by atoms with Gasteiger partial charge in [-0.15, -0.1) is 0 Å². The molecule has 0 unspecified atom stereocenters. The standard InChI is InChI=1S/C11H11BN4O3/c13-11(17)8-4-14-16(5-8)15-9-1-2-10-7(3-9)6-19-12(10)18/h1-5,15,18H,6H2,(H2,13,17). The van der Waals surface area contributed by atoms with Crippen LogP contribution in [0, 0.1) is 0 Å². The molecule has 0 atom stereocenters. The van der Waals surface area contributed by atoms with Gasteiger partial charge in [0.25, 0.3) is 5.91 Å². The minimum atomic E-state index is -0.852. The van der Waals surface area contributed by atoms with Crippen molar-refractivity contribution < 1.29 is 14.5 Å². The third kappa shape index (κ3) is 2.18. The van der Waals surface area contributed by atoms with Crippen LogP contribution < -0.4 is 16.6 Å². The molecule has 1 aromatic carbocycles. The number of rotatable bonds is 3. The molecule has 3 rings (SSSR count). The van der Waals surface area contributed by atoms with Gasteiger partial charge in [0.15, 0.2) is 0 Å². The number of fused-ring (bicyclic) bond motifs is 1. The van der Waals surface area contributed by atoms with Crippen LogP contribution in [0.3, 0.4) is 0 Å². The van der Waals surface area contributed by atoms with E-state index in [1.165, 1.54) is 17.2 Å². The second kappa shape index (κ2) is 4.41. The summed E-state index contributed by atoms with van der Waals surface area (Å²) in [6, 6.07) is 5.44. The Labute approximate surface area is 109 Å². The summed E-state index contributed by atoms with van der Waals surface area (Å²) in [4.78, 5) is 12.3. The average Bonchev–Trinajstić information content (AvgIpc) is 2.97. The highest BCUT2D eigenvalue weighted by atomic mass is 16.5. The van der Waals surface area contributed by atoms with E-state index in [4.69, 9.17) is 10.4 Å². The predicted octanol–water partition coefficient (Wildman–Crippen LogP) is -0.925. The summed E-state index contributed by atoms with van der Waals surface area (Å²) in [5, 5.41) is 13.5. The van der Waals surface area contributed by atoms with E-state index in [0.29, 0.717) is 12.2 Å². The summed E-state index contributed by atoms with van der Waals surface area (Å²) in [5.41, 5.74) is 10.9. The molecule has 19 heavy (non-hydrogen) atoms. The third-order valence-corrected chi connectivity index (χ3v) is 2.92. The Kier molecular flexibility index (Phi) is 2.73. The number of carbonyl (C=O) groups is 1. The van der Waals surface area contributed by atoms with Gasteiger partial charge in [-0.25, -0.2) is 0 Å². The third-order valence-electron chi connectivity index (χ3n) is 2.92. The van der Waals surface area contributed by atoms with Crippen molar-refractivity contribution in [3.8, 4) is 0 Å². The Bertz CT molecular complexity index is 643. The monoisotopic (exact) mass is 258 g/mol. The van der Waals surface area contributed by atoms with E-state index in [2.05, 4.69) is 10.5 Å². The zero-order valence-corrected chi connectivity index (χ0v) is 9.91.